The first-order chi connectivity index (χ1) is 9.67. The molecule has 0 aliphatic rings. The first kappa shape index (κ1) is 14.3. The van der Waals surface area contributed by atoms with E-state index in [1.165, 1.54) is 15.9 Å². The summed E-state index contributed by atoms with van der Waals surface area (Å²) in [6, 6.07) is 1.64. The van der Waals surface area contributed by atoms with Crippen LogP contribution >= 0.6 is 11.3 Å². The summed E-state index contributed by atoms with van der Waals surface area (Å²) in [5.74, 6) is 0. The maximum atomic E-state index is 11.8. The van der Waals surface area contributed by atoms with Crippen molar-refractivity contribution in [2.45, 2.75) is 12.8 Å². The van der Waals surface area contributed by atoms with Crippen molar-refractivity contribution < 1.29 is 9.84 Å². The van der Waals surface area contributed by atoms with E-state index in [0.29, 0.717) is 10.2 Å². The molecule has 0 aromatic carbocycles. The molecule has 20 heavy (non-hydrogen) atoms. The zero-order valence-electron chi connectivity index (χ0n) is 10.2. The highest BCUT2D eigenvalue weighted by Gasteiger charge is 2.11. The van der Waals surface area contributed by atoms with Gasteiger partial charge in [-0.15, -0.1) is 11.3 Å². The fraction of sp³-hybridized carbons (Fsp3) is 0.400. The van der Waals surface area contributed by atoms with E-state index in [2.05, 4.69) is 15.0 Å². The molecule has 1 atom stereocenters. The van der Waals surface area contributed by atoms with E-state index in [-0.39, 0.29) is 19.9 Å². The van der Waals surface area contributed by atoms with Gasteiger partial charge in [0.25, 0.3) is 5.56 Å². The van der Waals surface area contributed by atoms with Crippen LogP contribution < -0.4 is 11.2 Å². The predicted molar refractivity (Wildman–Crippen MR) is 72.7 cm³/mol. The molecule has 0 radical (unpaired) electrons. The Labute approximate surface area is 115 Å². The molecule has 0 amide bonds. The molecular formula is C10H11N5O4S. The summed E-state index contributed by atoms with van der Waals surface area (Å²) in [5.41, 5.74) is 7.64. The second-order valence-corrected chi connectivity index (χ2v) is 4.75. The zero-order valence-corrected chi connectivity index (χ0v) is 11.0. The van der Waals surface area contributed by atoms with Gasteiger partial charge < -0.3 is 9.84 Å². The third-order valence-electron chi connectivity index (χ3n) is 2.60. The number of ether oxygens (including phenoxy) is 1. The minimum atomic E-state index is -0.710. The zero-order chi connectivity index (χ0) is 14.5. The average molecular weight is 297 g/mol. The van der Waals surface area contributed by atoms with Gasteiger partial charge in [-0.05, 0) is 17.0 Å². The van der Waals surface area contributed by atoms with Gasteiger partial charge in [0.15, 0.2) is 0 Å². The van der Waals surface area contributed by atoms with E-state index >= 15 is 0 Å². The lowest BCUT2D eigenvalue weighted by molar-refractivity contribution is -0.0181. The lowest BCUT2D eigenvalue weighted by atomic mass is 10.4. The molecule has 106 valence electrons. The molecule has 0 aliphatic heterocycles. The van der Waals surface area contributed by atoms with Gasteiger partial charge in [0, 0.05) is 4.91 Å². The fourth-order valence-corrected chi connectivity index (χ4v) is 2.40. The molecular weight excluding hydrogens is 286 g/mol. The smallest absolute Gasteiger partial charge is 0.330 e. The van der Waals surface area contributed by atoms with Crippen LogP contribution in [0.3, 0.4) is 0 Å². The summed E-state index contributed by atoms with van der Waals surface area (Å²) in [6.45, 7) is -0.545. The second-order valence-electron chi connectivity index (χ2n) is 3.84. The normalized spacial score (nSPS) is 12.2. The Morgan fingerprint density at radius 3 is 3.10 bits per heavy atom. The summed E-state index contributed by atoms with van der Waals surface area (Å²) in [5, 5.41) is 14.1. The van der Waals surface area contributed by atoms with Crippen LogP contribution in [0.4, 0.5) is 0 Å². The molecule has 2 heterocycles. The van der Waals surface area contributed by atoms with Crippen molar-refractivity contribution in [2.24, 2.45) is 5.11 Å². The molecule has 2 rings (SSSR count). The number of aliphatic hydroxyl groups is 1. The maximum absolute atomic E-state index is 11.8. The predicted octanol–water partition coefficient (Wildman–Crippen LogP) is 0.397. The summed E-state index contributed by atoms with van der Waals surface area (Å²) in [7, 11) is 0. The van der Waals surface area contributed by atoms with E-state index in [9.17, 15) is 9.59 Å². The first-order valence-electron chi connectivity index (χ1n) is 5.61. The fourth-order valence-electron chi connectivity index (χ4n) is 1.61. The Bertz CT molecular complexity index is 757. The van der Waals surface area contributed by atoms with Gasteiger partial charge in [0.1, 0.15) is 11.4 Å². The van der Waals surface area contributed by atoms with Gasteiger partial charge in [-0.3, -0.25) is 14.3 Å². The highest BCUT2D eigenvalue weighted by molar-refractivity contribution is 7.17. The van der Waals surface area contributed by atoms with Gasteiger partial charge in [0.05, 0.1) is 24.8 Å². The number of azide groups is 1. The lowest BCUT2D eigenvalue weighted by Crippen LogP contribution is -2.32. The molecule has 0 fully saturated rings. The van der Waals surface area contributed by atoms with Crippen molar-refractivity contribution in [3.8, 4) is 0 Å². The number of thiophene rings is 1. The number of aromatic amines is 1. The quantitative estimate of drug-likeness (QED) is 0.453. The number of hydrogen-bond acceptors (Lipinski definition) is 6. The van der Waals surface area contributed by atoms with Crippen LogP contribution in [-0.2, 0) is 11.5 Å². The summed E-state index contributed by atoms with van der Waals surface area (Å²) in [6.07, 6.45) is -0.710. The lowest BCUT2D eigenvalue weighted by Gasteiger charge is -2.14. The van der Waals surface area contributed by atoms with Crippen LogP contribution in [0.1, 0.15) is 0 Å². The van der Waals surface area contributed by atoms with E-state index in [1.54, 1.807) is 11.4 Å². The number of nitrogens with one attached hydrogen (secondary N) is 1. The van der Waals surface area contributed by atoms with Crippen LogP contribution in [-0.4, -0.2) is 33.9 Å². The molecule has 0 saturated heterocycles. The first-order valence-corrected chi connectivity index (χ1v) is 6.49. The minimum absolute atomic E-state index is 0.0438. The molecule has 1 unspecified atom stereocenters. The van der Waals surface area contributed by atoms with Gasteiger partial charge in [-0.2, -0.15) is 0 Å². The van der Waals surface area contributed by atoms with Gasteiger partial charge >= 0.3 is 5.69 Å². The van der Waals surface area contributed by atoms with E-state index in [4.69, 9.17) is 15.4 Å². The minimum Gasteiger partial charge on any atom is -0.394 e. The number of H-pyrrole nitrogens is 1. The standard InChI is InChI=1S/C10H11N5O4S/c11-14-12-3-6(4-16)19-5-15-7-1-2-20-8(7)9(17)13-10(15)18/h1-2,6,16H,3-5H2,(H,13,17,18). The second kappa shape index (κ2) is 6.35. The van der Waals surface area contributed by atoms with Crippen molar-refractivity contribution >= 4 is 21.6 Å². The van der Waals surface area contributed by atoms with Crippen molar-refractivity contribution in [3.05, 3.63) is 42.7 Å². The van der Waals surface area contributed by atoms with Crippen molar-refractivity contribution in [3.63, 3.8) is 0 Å². The molecule has 0 aliphatic carbocycles. The largest absolute Gasteiger partial charge is 0.394 e. The number of aliphatic hydroxyl groups excluding tert-OH is 1. The van der Waals surface area contributed by atoms with E-state index < -0.39 is 17.4 Å². The molecule has 9 nitrogen and oxygen atoms in total. The molecule has 0 bridgehead atoms. The molecule has 10 heteroatoms. The van der Waals surface area contributed by atoms with Crippen molar-refractivity contribution in [1.29, 1.82) is 0 Å². The van der Waals surface area contributed by atoms with E-state index in [0.717, 1.165) is 0 Å². The SMILES string of the molecule is [N-]=[N+]=NCC(CO)OCn1c(=O)[nH]c(=O)c2sccc21. The van der Waals surface area contributed by atoms with Crippen molar-refractivity contribution in [1.82, 2.24) is 9.55 Å². The van der Waals surface area contributed by atoms with Crippen molar-refractivity contribution in [2.75, 3.05) is 13.2 Å². The molecule has 0 saturated carbocycles. The number of rotatable bonds is 6. The van der Waals surface area contributed by atoms with Gasteiger partial charge in [-0.1, -0.05) is 5.11 Å². The highest BCUT2D eigenvalue weighted by Crippen LogP contribution is 2.14. The summed E-state index contributed by atoms with van der Waals surface area (Å²) < 4.78 is 6.97. The Kier molecular flexibility index (Phi) is 4.53. The highest BCUT2D eigenvalue weighted by atomic mass is 32.1. The third kappa shape index (κ3) is 2.89. The number of fused-ring (bicyclic) bond motifs is 1. The number of hydrogen-bond donors (Lipinski definition) is 2. The van der Waals surface area contributed by atoms with Crippen LogP contribution in [0.25, 0.3) is 20.7 Å². The van der Waals surface area contributed by atoms with Crippen LogP contribution in [0.15, 0.2) is 26.1 Å². The number of nitrogens with zero attached hydrogens (tertiary/aromatic N) is 4. The van der Waals surface area contributed by atoms with E-state index in [1.807, 2.05) is 0 Å². The van der Waals surface area contributed by atoms with Crippen LogP contribution in [0.5, 0.6) is 0 Å². The van der Waals surface area contributed by atoms with Gasteiger partial charge in [0.2, 0.25) is 0 Å². The Morgan fingerprint density at radius 1 is 1.60 bits per heavy atom. The monoisotopic (exact) mass is 297 g/mol. The molecule has 0 spiro atoms. The third-order valence-corrected chi connectivity index (χ3v) is 3.50. The Balaban J connectivity index is 2.25. The van der Waals surface area contributed by atoms with Gasteiger partial charge in [-0.25, -0.2) is 4.79 Å². The molecule has 2 aromatic rings. The summed E-state index contributed by atoms with van der Waals surface area (Å²) >= 11 is 1.22. The molecule has 2 N–H and O–H groups in total. The Hall–Kier alpha value is -2.13. The maximum Gasteiger partial charge on any atom is 0.330 e. The molecule has 2 aromatic heterocycles. The van der Waals surface area contributed by atoms with Crippen LogP contribution in [0.2, 0.25) is 0 Å². The topological polar surface area (TPSA) is 133 Å². The number of aromatic nitrogens is 2. The van der Waals surface area contributed by atoms with Crippen LogP contribution in [0, 0.1) is 0 Å². The average Bonchev–Trinajstić information content (AvgIpc) is 2.91. The Morgan fingerprint density at radius 2 is 2.40 bits per heavy atom. The summed E-state index contributed by atoms with van der Waals surface area (Å²) in [4.78, 5) is 28.1.